The molecule has 1 nitrogen and oxygen atoms in total. The third kappa shape index (κ3) is 7.44. The Hall–Kier alpha value is -0.460. The molecule has 0 amide bonds. The Labute approximate surface area is 70.9 Å². The zero-order valence-corrected chi connectivity index (χ0v) is 8.49. The van der Waals surface area contributed by atoms with Gasteiger partial charge in [-0.2, -0.15) is 0 Å². The summed E-state index contributed by atoms with van der Waals surface area (Å²) in [6.45, 7) is 14.8. The van der Waals surface area contributed by atoms with Crippen molar-refractivity contribution in [2.75, 3.05) is 0 Å². The summed E-state index contributed by atoms with van der Waals surface area (Å²) in [5.41, 5.74) is 1.46. The molecule has 1 unspecified atom stereocenters. The number of hydrogen-bond donors (Lipinski definition) is 1. The molecule has 0 rings (SSSR count). The number of allylic oxidation sites excluding steroid dienone is 1. The van der Waals surface area contributed by atoms with Crippen LogP contribution in [0.25, 0.3) is 0 Å². The zero-order valence-electron chi connectivity index (χ0n) is 8.49. The molecule has 0 aromatic rings. The molecule has 0 saturated carbocycles. The molecule has 0 aliphatic heterocycles. The first kappa shape index (κ1) is 10.5. The highest BCUT2D eigenvalue weighted by Crippen LogP contribution is 2.20. The maximum Gasteiger partial charge on any atom is 0.0234 e. The van der Waals surface area contributed by atoms with E-state index in [1.165, 1.54) is 6.42 Å². The second-order valence-corrected chi connectivity index (χ2v) is 4.59. The highest BCUT2D eigenvalue weighted by atomic mass is 14.9. The van der Waals surface area contributed by atoms with E-state index >= 15 is 0 Å². The summed E-state index contributed by atoms with van der Waals surface area (Å²) in [4.78, 5) is 0. The lowest BCUT2D eigenvalue weighted by molar-refractivity contribution is 0.330. The lowest BCUT2D eigenvalue weighted by atomic mass is 9.89. The van der Waals surface area contributed by atoms with Gasteiger partial charge in [-0.25, -0.2) is 0 Å². The maximum absolute atomic E-state index is 3.81. The smallest absolute Gasteiger partial charge is 0.0234 e. The van der Waals surface area contributed by atoms with E-state index < -0.39 is 0 Å². The Morgan fingerprint density at radius 3 is 2.18 bits per heavy atom. The lowest BCUT2D eigenvalue weighted by Crippen LogP contribution is -2.28. The summed E-state index contributed by atoms with van der Waals surface area (Å²) in [5, 5.41) is 3.30. The van der Waals surface area contributed by atoms with Crippen LogP contribution < -0.4 is 5.32 Å². The largest absolute Gasteiger partial charge is 0.387 e. The predicted molar refractivity (Wildman–Crippen MR) is 51.5 cm³/mol. The second kappa shape index (κ2) is 3.80. The summed E-state index contributed by atoms with van der Waals surface area (Å²) < 4.78 is 0. The second-order valence-electron chi connectivity index (χ2n) is 4.59. The predicted octanol–water partition coefficient (Wildman–Crippen LogP) is 2.93. The van der Waals surface area contributed by atoms with Gasteiger partial charge in [-0.05, 0) is 25.7 Å². The molecule has 0 heterocycles. The molecular formula is C10H21N. The van der Waals surface area contributed by atoms with E-state index in [4.69, 9.17) is 0 Å². The molecule has 0 radical (unpaired) electrons. The molecule has 0 fully saturated rings. The van der Waals surface area contributed by atoms with Crippen molar-refractivity contribution in [3.8, 4) is 0 Å². The molecule has 1 atom stereocenters. The molecule has 0 saturated heterocycles. The van der Waals surface area contributed by atoms with E-state index in [0.29, 0.717) is 11.5 Å². The highest BCUT2D eigenvalue weighted by molar-refractivity contribution is 4.88. The summed E-state index contributed by atoms with van der Waals surface area (Å²) in [7, 11) is 0. The third-order valence-corrected chi connectivity index (χ3v) is 1.41. The molecule has 0 aliphatic carbocycles. The topological polar surface area (TPSA) is 12.0 Å². The monoisotopic (exact) mass is 155 g/mol. The van der Waals surface area contributed by atoms with Gasteiger partial charge in [0, 0.05) is 11.7 Å². The fourth-order valence-electron chi connectivity index (χ4n) is 1.39. The van der Waals surface area contributed by atoms with Crippen molar-refractivity contribution in [3.63, 3.8) is 0 Å². The van der Waals surface area contributed by atoms with Crippen molar-refractivity contribution in [1.29, 1.82) is 0 Å². The van der Waals surface area contributed by atoms with E-state index in [-0.39, 0.29) is 0 Å². The number of nitrogens with one attached hydrogen (secondary N) is 1. The SMILES string of the molecule is C=C(C)NC(C)CC(C)(C)C. The molecule has 11 heavy (non-hydrogen) atoms. The van der Waals surface area contributed by atoms with Crippen LogP contribution in [0.5, 0.6) is 0 Å². The van der Waals surface area contributed by atoms with Crippen LogP contribution in [-0.2, 0) is 0 Å². The first-order valence-electron chi connectivity index (χ1n) is 4.23. The quantitative estimate of drug-likeness (QED) is 0.660. The molecule has 0 bridgehead atoms. The van der Waals surface area contributed by atoms with Crippen molar-refractivity contribution >= 4 is 0 Å². The summed E-state index contributed by atoms with van der Waals surface area (Å²) in [5.74, 6) is 0. The Morgan fingerprint density at radius 2 is 1.91 bits per heavy atom. The maximum atomic E-state index is 3.81. The van der Waals surface area contributed by atoms with Crippen molar-refractivity contribution < 1.29 is 0 Å². The average molecular weight is 155 g/mol. The van der Waals surface area contributed by atoms with Crippen molar-refractivity contribution in [3.05, 3.63) is 12.3 Å². The fraction of sp³-hybridized carbons (Fsp3) is 0.800. The van der Waals surface area contributed by atoms with Gasteiger partial charge in [0.25, 0.3) is 0 Å². The van der Waals surface area contributed by atoms with Crippen LogP contribution in [0.2, 0.25) is 0 Å². The first-order chi connectivity index (χ1) is 4.81. The van der Waals surface area contributed by atoms with Gasteiger partial charge in [0.15, 0.2) is 0 Å². The van der Waals surface area contributed by atoms with Crippen LogP contribution >= 0.6 is 0 Å². The van der Waals surface area contributed by atoms with Crippen LogP contribution in [-0.4, -0.2) is 6.04 Å². The molecule has 0 aliphatic rings. The summed E-state index contributed by atoms with van der Waals surface area (Å²) in [6.07, 6.45) is 1.18. The number of hydrogen-bond acceptors (Lipinski definition) is 1. The van der Waals surface area contributed by atoms with Crippen LogP contribution in [0.4, 0.5) is 0 Å². The fourth-order valence-corrected chi connectivity index (χ4v) is 1.39. The van der Waals surface area contributed by atoms with E-state index in [2.05, 4.69) is 39.6 Å². The highest BCUT2D eigenvalue weighted by Gasteiger charge is 2.14. The van der Waals surface area contributed by atoms with E-state index in [1.807, 2.05) is 6.92 Å². The minimum atomic E-state index is 0.405. The molecule has 1 heteroatoms. The van der Waals surface area contributed by atoms with Crippen molar-refractivity contribution in [2.45, 2.75) is 47.1 Å². The van der Waals surface area contributed by atoms with Gasteiger partial charge in [0.1, 0.15) is 0 Å². The van der Waals surface area contributed by atoms with Gasteiger partial charge in [-0.15, -0.1) is 0 Å². The normalized spacial score (nSPS) is 14.3. The average Bonchev–Trinajstić information content (AvgIpc) is 1.53. The van der Waals surface area contributed by atoms with Gasteiger partial charge in [0.05, 0.1) is 0 Å². The molecular weight excluding hydrogens is 134 g/mol. The van der Waals surface area contributed by atoms with E-state index in [1.54, 1.807) is 0 Å². The van der Waals surface area contributed by atoms with Crippen molar-refractivity contribution in [1.82, 2.24) is 5.32 Å². The standard InChI is InChI=1S/C10H21N/c1-8(2)11-9(3)7-10(4,5)6/h9,11H,1,7H2,2-6H3. The molecule has 0 spiro atoms. The lowest BCUT2D eigenvalue weighted by Gasteiger charge is -2.24. The third-order valence-electron chi connectivity index (χ3n) is 1.41. The minimum Gasteiger partial charge on any atom is -0.387 e. The Morgan fingerprint density at radius 1 is 1.45 bits per heavy atom. The van der Waals surface area contributed by atoms with Gasteiger partial charge >= 0.3 is 0 Å². The number of rotatable bonds is 3. The molecule has 66 valence electrons. The van der Waals surface area contributed by atoms with Crippen LogP contribution in [0, 0.1) is 5.41 Å². The summed E-state index contributed by atoms with van der Waals surface area (Å²) >= 11 is 0. The van der Waals surface area contributed by atoms with E-state index in [0.717, 1.165) is 5.70 Å². The van der Waals surface area contributed by atoms with Crippen molar-refractivity contribution in [2.24, 2.45) is 5.41 Å². The van der Waals surface area contributed by atoms with Gasteiger partial charge < -0.3 is 5.32 Å². The van der Waals surface area contributed by atoms with Gasteiger partial charge in [-0.1, -0.05) is 27.4 Å². The van der Waals surface area contributed by atoms with Crippen LogP contribution in [0.3, 0.4) is 0 Å². The van der Waals surface area contributed by atoms with Gasteiger partial charge in [0.2, 0.25) is 0 Å². The minimum absolute atomic E-state index is 0.405. The molecule has 1 N–H and O–H groups in total. The molecule has 0 aromatic heterocycles. The Balaban J connectivity index is 3.69. The van der Waals surface area contributed by atoms with Gasteiger partial charge in [-0.3, -0.25) is 0 Å². The summed E-state index contributed by atoms with van der Waals surface area (Å²) in [6, 6.07) is 0.535. The van der Waals surface area contributed by atoms with E-state index in [9.17, 15) is 0 Å². The zero-order chi connectivity index (χ0) is 9.07. The van der Waals surface area contributed by atoms with Crippen LogP contribution in [0.15, 0.2) is 12.3 Å². The first-order valence-corrected chi connectivity index (χ1v) is 4.23. The Bertz CT molecular complexity index is 130. The molecule has 0 aromatic carbocycles. The van der Waals surface area contributed by atoms with Crippen LogP contribution in [0.1, 0.15) is 41.0 Å². The Kier molecular flexibility index (Phi) is 3.64.